The third-order valence-electron chi connectivity index (χ3n) is 2.80. The molecule has 0 bridgehead atoms. The Bertz CT molecular complexity index is 712. The highest BCUT2D eigenvalue weighted by atomic mass is 19.1. The van der Waals surface area contributed by atoms with Gasteiger partial charge in [-0.05, 0) is 13.0 Å². The van der Waals surface area contributed by atoms with Crippen molar-refractivity contribution in [2.45, 2.75) is 20.0 Å². The van der Waals surface area contributed by atoms with E-state index >= 15 is 0 Å². The number of fused-ring (bicyclic) bond motifs is 1. The fourth-order valence-electron chi connectivity index (χ4n) is 1.96. The van der Waals surface area contributed by atoms with Gasteiger partial charge in [-0.2, -0.15) is 5.10 Å². The standard InChI is InChI=1S/C13H14FN3O3/c1-2-20-11(18)6-10-8-4-3-5-9(14)12(8)13(19)17(7-15)16-10/h3-5H,2,6-7,15H2,1H3. The number of ether oxygens (including phenoxy) is 1. The van der Waals surface area contributed by atoms with Crippen molar-refractivity contribution < 1.29 is 13.9 Å². The molecule has 0 atom stereocenters. The number of carbonyl (C=O) groups excluding carboxylic acids is 1. The number of rotatable bonds is 4. The maximum atomic E-state index is 13.8. The van der Waals surface area contributed by atoms with E-state index in [1.165, 1.54) is 12.1 Å². The molecule has 1 aromatic heterocycles. The average Bonchev–Trinajstić information content (AvgIpc) is 2.42. The zero-order valence-electron chi connectivity index (χ0n) is 10.9. The summed E-state index contributed by atoms with van der Waals surface area (Å²) in [6.07, 6.45) is -0.145. The summed E-state index contributed by atoms with van der Waals surface area (Å²) >= 11 is 0. The van der Waals surface area contributed by atoms with Gasteiger partial charge in [-0.25, -0.2) is 9.07 Å². The van der Waals surface area contributed by atoms with Crippen LogP contribution in [-0.2, 0) is 22.6 Å². The van der Waals surface area contributed by atoms with Crippen LogP contribution in [0.15, 0.2) is 23.0 Å². The Morgan fingerprint density at radius 1 is 1.50 bits per heavy atom. The van der Waals surface area contributed by atoms with Crippen LogP contribution in [0.25, 0.3) is 10.8 Å². The van der Waals surface area contributed by atoms with Crippen LogP contribution in [0.5, 0.6) is 0 Å². The van der Waals surface area contributed by atoms with Gasteiger partial charge in [0.2, 0.25) is 0 Å². The topological polar surface area (TPSA) is 87.2 Å². The van der Waals surface area contributed by atoms with E-state index in [0.717, 1.165) is 4.68 Å². The van der Waals surface area contributed by atoms with E-state index in [1.54, 1.807) is 13.0 Å². The van der Waals surface area contributed by atoms with Crippen molar-refractivity contribution in [1.29, 1.82) is 0 Å². The smallest absolute Gasteiger partial charge is 0.311 e. The van der Waals surface area contributed by atoms with E-state index in [0.29, 0.717) is 5.39 Å². The van der Waals surface area contributed by atoms with E-state index in [2.05, 4.69) is 5.10 Å². The second-order valence-electron chi connectivity index (χ2n) is 4.08. The van der Waals surface area contributed by atoms with Crippen LogP contribution in [0, 0.1) is 5.82 Å². The quantitative estimate of drug-likeness (QED) is 0.826. The average molecular weight is 279 g/mol. The van der Waals surface area contributed by atoms with Crippen molar-refractivity contribution in [3.8, 4) is 0 Å². The zero-order chi connectivity index (χ0) is 14.7. The normalized spacial score (nSPS) is 10.8. The van der Waals surface area contributed by atoms with Gasteiger partial charge >= 0.3 is 5.97 Å². The first-order valence-corrected chi connectivity index (χ1v) is 6.12. The Hall–Kier alpha value is -2.28. The molecule has 7 heteroatoms. The Labute approximate surface area is 113 Å². The van der Waals surface area contributed by atoms with Gasteiger partial charge in [0, 0.05) is 5.39 Å². The summed E-state index contributed by atoms with van der Waals surface area (Å²) in [4.78, 5) is 23.6. The number of aromatic nitrogens is 2. The lowest BCUT2D eigenvalue weighted by atomic mass is 10.1. The third kappa shape index (κ3) is 2.53. The van der Waals surface area contributed by atoms with Gasteiger partial charge in [0.25, 0.3) is 5.56 Å². The molecular formula is C13H14FN3O3. The lowest BCUT2D eigenvalue weighted by Gasteiger charge is -2.09. The van der Waals surface area contributed by atoms with Crippen molar-refractivity contribution in [2.75, 3.05) is 6.61 Å². The molecule has 106 valence electrons. The summed E-state index contributed by atoms with van der Waals surface area (Å²) in [6.45, 7) is 1.73. The van der Waals surface area contributed by atoms with Crippen LogP contribution < -0.4 is 11.3 Å². The fourth-order valence-corrected chi connectivity index (χ4v) is 1.96. The number of hydrogen-bond donors (Lipinski definition) is 1. The highest BCUT2D eigenvalue weighted by molar-refractivity contribution is 5.87. The van der Waals surface area contributed by atoms with Crippen molar-refractivity contribution in [1.82, 2.24) is 9.78 Å². The molecule has 0 unspecified atom stereocenters. The Morgan fingerprint density at radius 2 is 2.25 bits per heavy atom. The molecule has 0 fully saturated rings. The van der Waals surface area contributed by atoms with E-state index in [4.69, 9.17) is 10.5 Å². The minimum Gasteiger partial charge on any atom is -0.466 e. The molecule has 20 heavy (non-hydrogen) atoms. The van der Waals surface area contributed by atoms with E-state index in [1.807, 2.05) is 0 Å². The molecule has 1 heterocycles. The maximum Gasteiger partial charge on any atom is 0.311 e. The molecular weight excluding hydrogens is 265 g/mol. The molecule has 0 spiro atoms. The summed E-state index contributed by atoms with van der Waals surface area (Å²) in [5, 5.41) is 4.17. The van der Waals surface area contributed by atoms with E-state index < -0.39 is 17.3 Å². The summed E-state index contributed by atoms with van der Waals surface area (Å²) in [7, 11) is 0. The molecule has 0 saturated heterocycles. The first kappa shape index (κ1) is 14.1. The third-order valence-corrected chi connectivity index (χ3v) is 2.80. The van der Waals surface area contributed by atoms with Gasteiger partial charge in [-0.15, -0.1) is 0 Å². The van der Waals surface area contributed by atoms with Crippen molar-refractivity contribution in [3.05, 3.63) is 40.1 Å². The van der Waals surface area contributed by atoms with Crippen LogP contribution >= 0.6 is 0 Å². The molecule has 0 aliphatic heterocycles. The maximum absolute atomic E-state index is 13.8. The molecule has 2 N–H and O–H groups in total. The fraction of sp³-hybridized carbons (Fsp3) is 0.308. The summed E-state index contributed by atoms with van der Waals surface area (Å²) in [6, 6.07) is 4.18. The van der Waals surface area contributed by atoms with Crippen LogP contribution in [0.4, 0.5) is 4.39 Å². The second kappa shape index (κ2) is 5.79. The molecule has 0 aliphatic carbocycles. The van der Waals surface area contributed by atoms with Gasteiger partial charge in [-0.1, -0.05) is 12.1 Å². The lowest BCUT2D eigenvalue weighted by Crippen LogP contribution is -2.29. The van der Waals surface area contributed by atoms with Gasteiger partial charge in [0.15, 0.2) is 0 Å². The SMILES string of the molecule is CCOC(=O)Cc1nn(CN)c(=O)c2c(F)cccc12. The molecule has 0 radical (unpaired) electrons. The van der Waals surface area contributed by atoms with Crippen molar-refractivity contribution in [3.63, 3.8) is 0 Å². The van der Waals surface area contributed by atoms with Crippen molar-refractivity contribution in [2.24, 2.45) is 5.73 Å². The summed E-state index contributed by atoms with van der Waals surface area (Å²) < 4.78 is 19.6. The number of halogens is 1. The number of benzene rings is 1. The minimum atomic E-state index is -0.665. The Balaban J connectivity index is 2.65. The summed E-state index contributed by atoms with van der Waals surface area (Å²) in [5.74, 6) is -1.16. The molecule has 0 amide bonds. The van der Waals surface area contributed by atoms with Gasteiger partial charge in [0.1, 0.15) is 5.82 Å². The van der Waals surface area contributed by atoms with Crippen LogP contribution in [-0.4, -0.2) is 22.4 Å². The highest BCUT2D eigenvalue weighted by Gasteiger charge is 2.16. The molecule has 1 aromatic carbocycles. The molecule has 0 aliphatic rings. The molecule has 0 saturated carbocycles. The molecule has 6 nitrogen and oxygen atoms in total. The Kier molecular flexibility index (Phi) is 4.09. The van der Waals surface area contributed by atoms with Crippen LogP contribution in [0.1, 0.15) is 12.6 Å². The van der Waals surface area contributed by atoms with Gasteiger partial charge < -0.3 is 10.5 Å². The predicted molar refractivity (Wildman–Crippen MR) is 70.5 cm³/mol. The van der Waals surface area contributed by atoms with E-state index in [-0.39, 0.29) is 30.8 Å². The van der Waals surface area contributed by atoms with Gasteiger partial charge in [0.05, 0.1) is 30.8 Å². The van der Waals surface area contributed by atoms with Gasteiger partial charge in [-0.3, -0.25) is 9.59 Å². The number of nitrogens with two attached hydrogens (primary N) is 1. The molecule has 2 rings (SSSR count). The van der Waals surface area contributed by atoms with E-state index in [9.17, 15) is 14.0 Å². The molecule has 2 aromatic rings. The largest absolute Gasteiger partial charge is 0.466 e. The number of carbonyl (C=O) groups is 1. The number of hydrogen-bond acceptors (Lipinski definition) is 5. The lowest BCUT2D eigenvalue weighted by molar-refractivity contribution is -0.142. The number of nitrogens with zero attached hydrogens (tertiary/aromatic N) is 2. The number of esters is 1. The minimum absolute atomic E-state index is 0.118. The Morgan fingerprint density at radius 3 is 2.90 bits per heavy atom. The summed E-state index contributed by atoms with van der Waals surface area (Å²) in [5.41, 5.74) is 5.06. The highest BCUT2D eigenvalue weighted by Crippen LogP contribution is 2.17. The van der Waals surface area contributed by atoms with Crippen LogP contribution in [0.3, 0.4) is 0 Å². The predicted octanol–water partition coefficient (Wildman–Crippen LogP) is 0.557. The first-order chi connectivity index (χ1) is 9.58. The zero-order valence-corrected chi connectivity index (χ0v) is 10.9. The van der Waals surface area contributed by atoms with Crippen molar-refractivity contribution >= 4 is 16.7 Å². The second-order valence-corrected chi connectivity index (χ2v) is 4.08. The first-order valence-electron chi connectivity index (χ1n) is 6.12. The monoisotopic (exact) mass is 279 g/mol. The van der Waals surface area contributed by atoms with Crippen LogP contribution in [0.2, 0.25) is 0 Å².